The fourth-order valence-electron chi connectivity index (χ4n) is 2.88. The molecule has 0 aromatic heterocycles. The maximum atomic E-state index is 11.7. The molecular weight excluding hydrogens is 370 g/mol. The zero-order valence-corrected chi connectivity index (χ0v) is 16.0. The molecular formula is C23H19NO5. The number of anilines is 3. The quantitative estimate of drug-likeness (QED) is 0.455. The molecule has 6 heteroatoms. The van der Waals surface area contributed by atoms with Crippen LogP contribution in [0, 0.1) is 0 Å². The number of rotatable bonds is 6. The Kier molecular flexibility index (Phi) is 6.04. The van der Waals surface area contributed by atoms with E-state index in [0.29, 0.717) is 16.7 Å². The standard InChI is InChI=1S/C23H19NO5/c1-28-22(26)17-5-11-20(12-6-17)24(19-9-3-16(15-25)4-10-19)21-13-7-18(8-14-21)23(27)29-2/h3-15H,1-2H3. The number of hydrogen-bond acceptors (Lipinski definition) is 6. The van der Waals surface area contributed by atoms with Crippen LogP contribution in [-0.4, -0.2) is 32.4 Å². The van der Waals surface area contributed by atoms with E-state index < -0.39 is 11.9 Å². The Morgan fingerprint density at radius 3 is 1.31 bits per heavy atom. The van der Waals surface area contributed by atoms with Gasteiger partial charge in [0.15, 0.2) is 0 Å². The maximum absolute atomic E-state index is 11.7. The average molecular weight is 389 g/mol. The van der Waals surface area contributed by atoms with Gasteiger partial charge in [-0.3, -0.25) is 4.79 Å². The summed E-state index contributed by atoms with van der Waals surface area (Å²) in [5, 5.41) is 0. The first-order valence-corrected chi connectivity index (χ1v) is 8.79. The number of esters is 2. The summed E-state index contributed by atoms with van der Waals surface area (Å²) >= 11 is 0. The molecule has 3 aromatic carbocycles. The van der Waals surface area contributed by atoms with Gasteiger partial charge in [0.25, 0.3) is 0 Å². The lowest BCUT2D eigenvalue weighted by Gasteiger charge is -2.25. The second-order valence-corrected chi connectivity index (χ2v) is 6.12. The fraction of sp³-hybridized carbons (Fsp3) is 0.0870. The monoisotopic (exact) mass is 389 g/mol. The highest BCUT2D eigenvalue weighted by Crippen LogP contribution is 2.34. The topological polar surface area (TPSA) is 72.9 Å². The summed E-state index contributed by atoms with van der Waals surface area (Å²) < 4.78 is 9.50. The predicted molar refractivity (Wildman–Crippen MR) is 109 cm³/mol. The van der Waals surface area contributed by atoms with Crippen molar-refractivity contribution >= 4 is 35.3 Å². The van der Waals surface area contributed by atoms with E-state index in [1.54, 1.807) is 60.7 Å². The van der Waals surface area contributed by atoms with Crippen molar-refractivity contribution in [3.63, 3.8) is 0 Å². The van der Waals surface area contributed by atoms with Crippen molar-refractivity contribution in [1.82, 2.24) is 0 Å². The zero-order valence-electron chi connectivity index (χ0n) is 16.0. The Balaban J connectivity index is 2.05. The van der Waals surface area contributed by atoms with Crippen LogP contribution in [0.15, 0.2) is 72.8 Å². The van der Waals surface area contributed by atoms with Crippen LogP contribution >= 0.6 is 0 Å². The Bertz CT molecular complexity index is 949. The van der Waals surface area contributed by atoms with E-state index >= 15 is 0 Å². The summed E-state index contributed by atoms with van der Waals surface area (Å²) in [6.45, 7) is 0. The zero-order chi connectivity index (χ0) is 20.8. The van der Waals surface area contributed by atoms with Gasteiger partial charge in [-0.2, -0.15) is 0 Å². The lowest BCUT2D eigenvalue weighted by molar-refractivity contribution is 0.0592. The second-order valence-electron chi connectivity index (χ2n) is 6.12. The minimum atomic E-state index is -0.416. The predicted octanol–water partition coefficient (Wildman–Crippen LogP) is 4.54. The molecule has 0 heterocycles. The van der Waals surface area contributed by atoms with Crippen LogP contribution in [0.2, 0.25) is 0 Å². The Hall–Kier alpha value is -3.93. The molecule has 0 spiro atoms. The molecule has 3 rings (SSSR count). The van der Waals surface area contributed by atoms with Crippen LogP contribution in [0.25, 0.3) is 0 Å². The molecule has 0 aliphatic rings. The van der Waals surface area contributed by atoms with Crippen molar-refractivity contribution in [2.24, 2.45) is 0 Å². The molecule has 6 nitrogen and oxygen atoms in total. The molecule has 3 aromatic rings. The first-order valence-electron chi connectivity index (χ1n) is 8.79. The van der Waals surface area contributed by atoms with Crippen LogP contribution in [0.1, 0.15) is 31.1 Å². The highest BCUT2D eigenvalue weighted by molar-refractivity contribution is 5.91. The van der Waals surface area contributed by atoms with Gasteiger partial charge >= 0.3 is 11.9 Å². The third kappa shape index (κ3) is 4.32. The molecule has 0 unspecified atom stereocenters. The molecule has 0 bridgehead atoms. The van der Waals surface area contributed by atoms with Gasteiger partial charge < -0.3 is 14.4 Å². The van der Waals surface area contributed by atoms with E-state index in [0.717, 1.165) is 23.3 Å². The molecule has 0 fully saturated rings. The molecule has 0 atom stereocenters. The van der Waals surface area contributed by atoms with Gasteiger partial charge in [-0.15, -0.1) is 0 Å². The van der Waals surface area contributed by atoms with Crippen molar-refractivity contribution < 1.29 is 23.9 Å². The SMILES string of the molecule is COC(=O)c1ccc(N(c2ccc(C=O)cc2)c2ccc(C(=O)OC)cc2)cc1. The van der Waals surface area contributed by atoms with Crippen molar-refractivity contribution in [2.75, 3.05) is 19.1 Å². The van der Waals surface area contributed by atoms with E-state index in [1.807, 2.05) is 17.0 Å². The average Bonchev–Trinajstić information content (AvgIpc) is 2.79. The molecule has 0 aliphatic carbocycles. The number of aldehydes is 1. The summed E-state index contributed by atoms with van der Waals surface area (Å²) in [5.74, 6) is -0.832. The van der Waals surface area contributed by atoms with E-state index in [9.17, 15) is 14.4 Å². The summed E-state index contributed by atoms with van der Waals surface area (Å²) in [5.41, 5.74) is 3.84. The van der Waals surface area contributed by atoms with Crippen LogP contribution < -0.4 is 4.90 Å². The van der Waals surface area contributed by atoms with Crippen molar-refractivity contribution in [3.05, 3.63) is 89.5 Å². The number of methoxy groups -OCH3 is 2. The first-order chi connectivity index (χ1) is 14.1. The Morgan fingerprint density at radius 2 is 1.00 bits per heavy atom. The smallest absolute Gasteiger partial charge is 0.337 e. The Morgan fingerprint density at radius 1 is 0.655 bits per heavy atom. The first kappa shape index (κ1) is 19.8. The van der Waals surface area contributed by atoms with Crippen molar-refractivity contribution in [3.8, 4) is 0 Å². The van der Waals surface area contributed by atoms with E-state index in [1.165, 1.54) is 14.2 Å². The summed E-state index contributed by atoms with van der Waals surface area (Å²) in [6, 6.07) is 21.0. The normalized spacial score (nSPS) is 10.1. The van der Waals surface area contributed by atoms with Crippen molar-refractivity contribution in [1.29, 1.82) is 0 Å². The molecule has 0 radical (unpaired) electrons. The molecule has 0 N–H and O–H groups in total. The minimum absolute atomic E-state index is 0.416. The van der Waals surface area contributed by atoms with Gasteiger partial charge in [-0.05, 0) is 72.8 Å². The molecule has 0 saturated heterocycles. The van der Waals surface area contributed by atoms with E-state index in [-0.39, 0.29) is 0 Å². The number of carbonyl (C=O) groups is 3. The summed E-state index contributed by atoms with van der Waals surface area (Å²) in [7, 11) is 2.67. The van der Waals surface area contributed by atoms with Crippen LogP contribution in [0.4, 0.5) is 17.1 Å². The third-order valence-electron chi connectivity index (χ3n) is 4.38. The third-order valence-corrected chi connectivity index (χ3v) is 4.38. The van der Waals surface area contributed by atoms with E-state index in [2.05, 4.69) is 0 Å². The lowest BCUT2D eigenvalue weighted by atomic mass is 10.1. The van der Waals surface area contributed by atoms with Crippen LogP contribution in [-0.2, 0) is 9.47 Å². The van der Waals surface area contributed by atoms with E-state index in [4.69, 9.17) is 9.47 Å². The molecule has 0 aliphatic heterocycles. The van der Waals surface area contributed by atoms with Gasteiger partial charge in [0, 0.05) is 22.6 Å². The van der Waals surface area contributed by atoms with Crippen molar-refractivity contribution in [2.45, 2.75) is 0 Å². The second kappa shape index (κ2) is 8.84. The van der Waals surface area contributed by atoms with Gasteiger partial charge in [-0.1, -0.05) is 0 Å². The molecule has 0 amide bonds. The number of hydrogen-bond donors (Lipinski definition) is 0. The largest absolute Gasteiger partial charge is 0.465 e. The highest BCUT2D eigenvalue weighted by Gasteiger charge is 2.15. The number of ether oxygens (including phenoxy) is 2. The molecule has 146 valence electrons. The summed E-state index contributed by atoms with van der Waals surface area (Å²) in [4.78, 5) is 36.4. The maximum Gasteiger partial charge on any atom is 0.337 e. The van der Waals surface area contributed by atoms with Crippen LogP contribution in [0.5, 0.6) is 0 Å². The Labute approximate surface area is 168 Å². The highest BCUT2D eigenvalue weighted by atomic mass is 16.5. The lowest BCUT2D eigenvalue weighted by Crippen LogP contribution is -2.11. The molecule has 0 saturated carbocycles. The van der Waals surface area contributed by atoms with Gasteiger partial charge in [0.1, 0.15) is 6.29 Å². The molecule has 29 heavy (non-hydrogen) atoms. The van der Waals surface area contributed by atoms with Gasteiger partial charge in [0.2, 0.25) is 0 Å². The number of benzene rings is 3. The van der Waals surface area contributed by atoms with Crippen LogP contribution in [0.3, 0.4) is 0 Å². The van der Waals surface area contributed by atoms with Gasteiger partial charge in [-0.25, -0.2) is 9.59 Å². The van der Waals surface area contributed by atoms with Gasteiger partial charge in [0.05, 0.1) is 25.3 Å². The number of nitrogens with zero attached hydrogens (tertiary/aromatic N) is 1. The number of carbonyl (C=O) groups excluding carboxylic acids is 3. The minimum Gasteiger partial charge on any atom is -0.465 e. The summed E-state index contributed by atoms with van der Waals surface area (Å²) in [6.07, 6.45) is 0.782. The fourth-order valence-corrected chi connectivity index (χ4v) is 2.88.